The minimum atomic E-state index is -0.111. The van der Waals surface area contributed by atoms with Crippen LogP contribution in [-0.2, 0) is 12.8 Å². The quantitative estimate of drug-likeness (QED) is 0.766. The van der Waals surface area contributed by atoms with E-state index in [4.69, 9.17) is 0 Å². The van der Waals surface area contributed by atoms with Crippen molar-refractivity contribution in [1.82, 2.24) is 20.1 Å². The zero-order valence-corrected chi connectivity index (χ0v) is 15.8. The molecule has 5 nitrogen and oxygen atoms in total. The molecular weight excluding hydrogens is 336 g/mol. The summed E-state index contributed by atoms with van der Waals surface area (Å²) in [6.07, 6.45) is 8.16. The van der Waals surface area contributed by atoms with Crippen LogP contribution in [0.2, 0.25) is 0 Å². The highest BCUT2D eigenvalue weighted by molar-refractivity contribution is 5.95. The van der Waals surface area contributed by atoms with Crippen molar-refractivity contribution in [2.45, 2.75) is 45.6 Å². The van der Waals surface area contributed by atoms with Crippen LogP contribution in [0.25, 0.3) is 5.82 Å². The molecule has 27 heavy (non-hydrogen) atoms. The number of nitrogens with one attached hydrogen (secondary N) is 1. The molecule has 0 radical (unpaired) electrons. The van der Waals surface area contributed by atoms with E-state index in [1.807, 2.05) is 32.0 Å². The fraction of sp³-hybridized carbons (Fsp3) is 0.318. The smallest absolute Gasteiger partial charge is 0.255 e. The summed E-state index contributed by atoms with van der Waals surface area (Å²) in [5.74, 6) is 0.594. The van der Waals surface area contributed by atoms with Crippen molar-refractivity contribution in [3.8, 4) is 5.82 Å². The lowest BCUT2D eigenvalue weighted by Crippen LogP contribution is -2.27. The fourth-order valence-corrected chi connectivity index (χ4v) is 3.72. The van der Waals surface area contributed by atoms with Crippen LogP contribution in [0.1, 0.15) is 58.5 Å². The van der Waals surface area contributed by atoms with Gasteiger partial charge in [0.1, 0.15) is 0 Å². The lowest BCUT2D eigenvalue weighted by Gasteiger charge is -2.20. The van der Waals surface area contributed by atoms with E-state index in [0.717, 1.165) is 17.7 Å². The van der Waals surface area contributed by atoms with Crippen molar-refractivity contribution in [3.63, 3.8) is 0 Å². The van der Waals surface area contributed by atoms with Crippen molar-refractivity contribution in [2.75, 3.05) is 0 Å². The number of hydrogen-bond donors (Lipinski definition) is 1. The largest absolute Gasteiger partial charge is 0.345 e. The van der Waals surface area contributed by atoms with Crippen LogP contribution in [0.15, 0.2) is 48.8 Å². The molecule has 0 fully saturated rings. The first-order chi connectivity index (χ1) is 13.1. The number of carbonyl (C=O) groups excluding carboxylic acids is 1. The van der Waals surface area contributed by atoms with Gasteiger partial charge in [0, 0.05) is 6.20 Å². The van der Waals surface area contributed by atoms with Gasteiger partial charge in [0.2, 0.25) is 0 Å². The number of nitrogens with zero attached hydrogens (tertiary/aromatic N) is 3. The van der Waals surface area contributed by atoms with Crippen LogP contribution in [0.5, 0.6) is 0 Å². The number of fused-ring (bicyclic) bond motifs is 1. The molecule has 2 aromatic heterocycles. The van der Waals surface area contributed by atoms with E-state index in [-0.39, 0.29) is 11.9 Å². The van der Waals surface area contributed by atoms with Crippen LogP contribution in [0.3, 0.4) is 0 Å². The minimum Gasteiger partial charge on any atom is -0.345 e. The Balaban J connectivity index is 1.52. The minimum absolute atomic E-state index is 0.0534. The third-order valence-corrected chi connectivity index (χ3v) is 5.34. The Hall–Kier alpha value is -2.95. The topological polar surface area (TPSA) is 59.8 Å². The molecule has 138 valence electrons. The Morgan fingerprint density at radius 2 is 1.96 bits per heavy atom. The third kappa shape index (κ3) is 3.50. The van der Waals surface area contributed by atoms with E-state index < -0.39 is 0 Å². The first-order valence-electron chi connectivity index (χ1n) is 9.52. The zero-order chi connectivity index (χ0) is 18.8. The molecule has 0 saturated heterocycles. The molecular formula is C22H24N4O. The lowest BCUT2D eigenvalue weighted by molar-refractivity contribution is 0.0939. The van der Waals surface area contributed by atoms with Gasteiger partial charge >= 0.3 is 0 Å². The number of aryl methyl sites for hydroxylation is 2. The first-order valence-corrected chi connectivity index (χ1v) is 9.52. The molecule has 0 saturated carbocycles. The molecule has 0 bridgehead atoms. The maximum Gasteiger partial charge on any atom is 0.255 e. The van der Waals surface area contributed by atoms with Gasteiger partial charge in [0.15, 0.2) is 5.82 Å². The molecule has 1 atom stereocenters. The Bertz CT molecular complexity index is 962. The number of benzene rings is 1. The lowest BCUT2D eigenvalue weighted by atomic mass is 9.89. The summed E-state index contributed by atoms with van der Waals surface area (Å²) in [4.78, 5) is 17.1. The maximum absolute atomic E-state index is 12.8. The first kappa shape index (κ1) is 17.5. The molecule has 1 N–H and O–H groups in total. The van der Waals surface area contributed by atoms with Gasteiger partial charge in [-0.2, -0.15) is 5.10 Å². The van der Waals surface area contributed by atoms with Gasteiger partial charge in [0.25, 0.3) is 5.91 Å². The monoisotopic (exact) mass is 360 g/mol. The third-order valence-electron chi connectivity index (χ3n) is 5.34. The van der Waals surface area contributed by atoms with Gasteiger partial charge in [-0.3, -0.25) is 4.79 Å². The highest BCUT2D eigenvalue weighted by Crippen LogP contribution is 2.25. The normalized spacial score (nSPS) is 14.4. The molecule has 3 aromatic rings. The summed E-state index contributed by atoms with van der Waals surface area (Å²) >= 11 is 0. The number of aromatic nitrogens is 3. The van der Waals surface area contributed by atoms with Gasteiger partial charge in [-0.1, -0.05) is 24.3 Å². The van der Waals surface area contributed by atoms with E-state index in [1.54, 1.807) is 17.1 Å². The van der Waals surface area contributed by atoms with Crippen molar-refractivity contribution >= 4 is 5.91 Å². The van der Waals surface area contributed by atoms with Gasteiger partial charge in [-0.05, 0) is 68.4 Å². The SMILES string of the molecule is Cc1c(C(=O)NC(C)c2ccc3c(c2)CCCC3)cnn1-c1ccccn1. The highest BCUT2D eigenvalue weighted by Gasteiger charge is 2.19. The molecule has 1 aliphatic rings. The second-order valence-corrected chi connectivity index (χ2v) is 7.17. The number of rotatable bonds is 4. The molecule has 0 aliphatic heterocycles. The molecule has 0 spiro atoms. The molecule has 1 unspecified atom stereocenters. The number of amides is 1. The molecule has 1 amide bonds. The van der Waals surface area contributed by atoms with Crippen LogP contribution < -0.4 is 5.32 Å². The summed E-state index contributed by atoms with van der Waals surface area (Å²) in [5.41, 5.74) is 5.39. The van der Waals surface area contributed by atoms with Crippen LogP contribution >= 0.6 is 0 Å². The molecule has 4 rings (SSSR count). The maximum atomic E-state index is 12.8. The van der Waals surface area contributed by atoms with E-state index in [0.29, 0.717) is 11.4 Å². The number of carbonyl (C=O) groups is 1. The van der Waals surface area contributed by atoms with Crippen molar-refractivity contribution in [3.05, 3.63) is 76.7 Å². The fourth-order valence-electron chi connectivity index (χ4n) is 3.72. The summed E-state index contributed by atoms with van der Waals surface area (Å²) in [6, 6.07) is 12.2. The van der Waals surface area contributed by atoms with Crippen LogP contribution in [-0.4, -0.2) is 20.7 Å². The Morgan fingerprint density at radius 1 is 1.15 bits per heavy atom. The average Bonchev–Trinajstić information content (AvgIpc) is 3.09. The van der Waals surface area contributed by atoms with E-state index in [2.05, 4.69) is 33.6 Å². The van der Waals surface area contributed by atoms with E-state index >= 15 is 0 Å². The predicted octanol–water partition coefficient (Wildman–Crippen LogP) is 3.95. The van der Waals surface area contributed by atoms with Gasteiger partial charge in [-0.15, -0.1) is 0 Å². The van der Waals surface area contributed by atoms with E-state index in [1.165, 1.54) is 30.4 Å². The summed E-state index contributed by atoms with van der Waals surface area (Å²) in [5, 5.41) is 7.45. The Kier molecular flexibility index (Phi) is 4.75. The van der Waals surface area contributed by atoms with E-state index in [9.17, 15) is 4.79 Å². The number of pyridine rings is 1. The predicted molar refractivity (Wildman–Crippen MR) is 105 cm³/mol. The summed E-state index contributed by atoms with van der Waals surface area (Å²) in [6.45, 7) is 3.92. The van der Waals surface area contributed by atoms with Gasteiger partial charge in [-0.25, -0.2) is 9.67 Å². The summed E-state index contributed by atoms with van der Waals surface area (Å²) < 4.78 is 1.69. The Morgan fingerprint density at radius 3 is 2.74 bits per heavy atom. The van der Waals surface area contributed by atoms with Gasteiger partial charge in [0.05, 0.1) is 23.5 Å². The second-order valence-electron chi connectivity index (χ2n) is 7.17. The van der Waals surface area contributed by atoms with Crippen molar-refractivity contribution in [1.29, 1.82) is 0 Å². The molecule has 1 aromatic carbocycles. The standard InChI is InChI=1S/C22H24N4O/c1-15(18-11-10-17-7-3-4-8-19(17)13-18)25-22(27)20-14-24-26(16(20)2)21-9-5-6-12-23-21/h5-6,9-15H,3-4,7-8H2,1-2H3,(H,25,27). The zero-order valence-electron chi connectivity index (χ0n) is 15.8. The second kappa shape index (κ2) is 7.35. The van der Waals surface area contributed by atoms with Crippen molar-refractivity contribution < 1.29 is 4.79 Å². The summed E-state index contributed by atoms with van der Waals surface area (Å²) in [7, 11) is 0. The van der Waals surface area contributed by atoms with Crippen molar-refractivity contribution in [2.24, 2.45) is 0 Å². The highest BCUT2D eigenvalue weighted by atomic mass is 16.1. The van der Waals surface area contributed by atoms with Gasteiger partial charge < -0.3 is 5.32 Å². The van der Waals surface area contributed by atoms with Crippen LogP contribution in [0, 0.1) is 6.92 Å². The average molecular weight is 360 g/mol. The molecule has 2 heterocycles. The Labute approximate surface area is 159 Å². The molecule has 5 heteroatoms. The molecule has 1 aliphatic carbocycles. The van der Waals surface area contributed by atoms with Crippen LogP contribution in [0.4, 0.5) is 0 Å². The number of hydrogen-bond acceptors (Lipinski definition) is 3.